The molecule has 2 aromatic rings. The maximum atomic E-state index is 11.8. The normalized spacial score (nSPS) is 15.8. The molecule has 3 rings (SSSR count). The van der Waals surface area contributed by atoms with E-state index in [0.717, 1.165) is 24.0 Å². The summed E-state index contributed by atoms with van der Waals surface area (Å²) in [6.45, 7) is 3.69. The van der Waals surface area contributed by atoms with Crippen molar-refractivity contribution in [2.24, 2.45) is 5.16 Å². The molecule has 0 aliphatic heterocycles. The molecule has 1 heterocycles. The first-order valence-electron chi connectivity index (χ1n) is 8.89. The number of benzene rings is 1. The van der Waals surface area contributed by atoms with Crippen molar-refractivity contribution in [2.45, 2.75) is 38.8 Å². The third-order valence-electron chi connectivity index (χ3n) is 4.34. The number of nitrogens with one attached hydrogen (secondary N) is 3. The zero-order valence-electron chi connectivity index (χ0n) is 15.6. The lowest BCUT2D eigenvalue weighted by molar-refractivity contribution is -0.119. The molecule has 0 radical (unpaired) electrons. The number of amidine groups is 1. The van der Waals surface area contributed by atoms with Gasteiger partial charge in [-0.1, -0.05) is 11.2 Å². The fourth-order valence-corrected chi connectivity index (χ4v) is 3.13. The van der Waals surface area contributed by atoms with Crippen molar-refractivity contribution in [1.82, 2.24) is 20.9 Å². The first-order chi connectivity index (χ1) is 13.5. The van der Waals surface area contributed by atoms with E-state index in [0.29, 0.717) is 5.56 Å². The Labute approximate surface area is 161 Å². The number of oxime groups is 1. The zero-order valence-corrected chi connectivity index (χ0v) is 15.6. The molecule has 0 saturated heterocycles. The Kier molecular flexibility index (Phi) is 5.74. The standard InChI is InChI=1S/C18H21N7O3/c1-10(2)21-15(26)9-20-17-16(24-28-25-17)18(23-27)22-14-6-5-12-4-3-11(8-19)7-13(12)14/h3-4,7,10,14,27H,5-6,9H2,1-2H3,(H,20,25)(H,21,26)(H,22,23). The third kappa shape index (κ3) is 4.20. The molecule has 1 atom stereocenters. The van der Waals surface area contributed by atoms with Crippen LogP contribution in [0.5, 0.6) is 0 Å². The van der Waals surface area contributed by atoms with Crippen molar-refractivity contribution in [3.05, 3.63) is 40.6 Å². The quantitative estimate of drug-likeness (QED) is 0.252. The van der Waals surface area contributed by atoms with Crippen LogP contribution in [0.2, 0.25) is 0 Å². The smallest absolute Gasteiger partial charge is 0.239 e. The van der Waals surface area contributed by atoms with Gasteiger partial charge in [0.2, 0.25) is 11.7 Å². The molecular formula is C18H21N7O3. The van der Waals surface area contributed by atoms with E-state index < -0.39 is 0 Å². The highest BCUT2D eigenvalue weighted by Crippen LogP contribution is 2.32. The molecule has 1 aliphatic carbocycles. The van der Waals surface area contributed by atoms with E-state index >= 15 is 0 Å². The van der Waals surface area contributed by atoms with Gasteiger partial charge in [0.25, 0.3) is 0 Å². The summed E-state index contributed by atoms with van der Waals surface area (Å²) in [5, 5.41) is 38.1. The number of anilines is 1. The van der Waals surface area contributed by atoms with Gasteiger partial charge in [-0.3, -0.25) is 4.79 Å². The highest BCUT2D eigenvalue weighted by molar-refractivity contribution is 6.01. The number of amides is 1. The van der Waals surface area contributed by atoms with Crippen molar-refractivity contribution in [1.29, 1.82) is 5.26 Å². The van der Waals surface area contributed by atoms with E-state index in [1.165, 1.54) is 0 Å². The van der Waals surface area contributed by atoms with E-state index in [2.05, 4.69) is 37.5 Å². The van der Waals surface area contributed by atoms with Gasteiger partial charge < -0.3 is 21.2 Å². The summed E-state index contributed by atoms with van der Waals surface area (Å²) in [7, 11) is 0. The first-order valence-corrected chi connectivity index (χ1v) is 8.89. The van der Waals surface area contributed by atoms with Crippen molar-refractivity contribution in [3.63, 3.8) is 0 Å². The number of carbonyl (C=O) groups excluding carboxylic acids is 1. The van der Waals surface area contributed by atoms with Crippen LogP contribution in [0.3, 0.4) is 0 Å². The first kappa shape index (κ1) is 19.2. The van der Waals surface area contributed by atoms with Crippen LogP contribution in [-0.2, 0) is 11.2 Å². The maximum Gasteiger partial charge on any atom is 0.239 e. The summed E-state index contributed by atoms with van der Waals surface area (Å²) < 4.78 is 4.74. The maximum absolute atomic E-state index is 11.8. The van der Waals surface area contributed by atoms with Crippen LogP contribution in [0.4, 0.5) is 5.82 Å². The largest absolute Gasteiger partial charge is 0.409 e. The van der Waals surface area contributed by atoms with Crippen LogP contribution in [0.15, 0.2) is 28.0 Å². The Morgan fingerprint density at radius 2 is 2.29 bits per heavy atom. The number of aromatic nitrogens is 2. The lowest BCUT2D eigenvalue weighted by Crippen LogP contribution is -2.35. The number of fused-ring (bicyclic) bond motifs is 1. The number of aryl methyl sites for hydroxylation is 1. The number of nitriles is 1. The minimum Gasteiger partial charge on any atom is -0.409 e. The molecule has 1 aromatic heterocycles. The Morgan fingerprint density at radius 3 is 3.00 bits per heavy atom. The molecule has 10 nitrogen and oxygen atoms in total. The number of hydrogen-bond donors (Lipinski definition) is 4. The summed E-state index contributed by atoms with van der Waals surface area (Å²) in [6.07, 6.45) is 1.61. The van der Waals surface area contributed by atoms with Crippen molar-refractivity contribution in [3.8, 4) is 6.07 Å². The highest BCUT2D eigenvalue weighted by Gasteiger charge is 2.27. The van der Waals surface area contributed by atoms with Gasteiger partial charge in [-0.2, -0.15) is 5.26 Å². The topological polar surface area (TPSA) is 148 Å². The van der Waals surface area contributed by atoms with Crippen LogP contribution in [0.1, 0.15) is 48.7 Å². The fourth-order valence-electron chi connectivity index (χ4n) is 3.13. The van der Waals surface area contributed by atoms with Gasteiger partial charge in [0.1, 0.15) is 0 Å². The zero-order chi connectivity index (χ0) is 20.1. The van der Waals surface area contributed by atoms with Crippen LogP contribution < -0.4 is 16.0 Å². The predicted molar refractivity (Wildman–Crippen MR) is 99.7 cm³/mol. The number of hydrogen-bond acceptors (Lipinski definition) is 8. The molecule has 0 fully saturated rings. The van der Waals surface area contributed by atoms with Gasteiger partial charge in [-0.25, -0.2) is 4.63 Å². The molecule has 10 heteroatoms. The average Bonchev–Trinajstić information content (AvgIpc) is 3.30. The second-order valence-electron chi connectivity index (χ2n) is 6.75. The van der Waals surface area contributed by atoms with Crippen molar-refractivity contribution < 1.29 is 14.6 Å². The fraction of sp³-hybridized carbons (Fsp3) is 0.389. The molecule has 4 N–H and O–H groups in total. The van der Waals surface area contributed by atoms with Gasteiger partial charge in [0.05, 0.1) is 24.2 Å². The summed E-state index contributed by atoms with van der Waals surface area (Å²) in [4.78, 5) is 11.8. The monoisotopic (exact) mass is 383 g/mol. The van der Waals surface area contributed by atoms with E-state index in [1.807, 2.05) is 26.0 Å². The van der Waals surface area contributed by atoms with Gasteiger partial charge >= 0.3 is 0 Å². The summed E-state index contributed by atoms with van der Waals surface area (Å²) >= 11 is 0. The lowest BCUT2D eigenvalue weighted by atomic mass is 10.0. The van der Waals surface area contributed by atoms with Crippen LogP contribution in [0, 0.1) is 11.3 Å². The molecule has 1 unspecified atom stereocenters. The summed E-state index contributed by atoms with van der Waals surface area (Å²) in [5.41, 5.74) is 2.83. The van der Waals surface area contributed by atoms with Gasteiger partial charge in [0, 0.05) is 6.04 Å². The SMILES string of the molecule is CC(C)NC(=O)CNc1nonc1/C(=N/O)NC1CCc2ccc(C#N)cc21. The van der Waals surface area contributed by atoms with E-state index in [9.17, 15) is 10.0 Å². The van der Waals surface area contributed by atoms with E-state index in [4.69, 9.17) is 9.89 Å². The lowest BCUT2D eigenvalue weighted by Gasteiger charge is -2.15. The van der Waals surface area contributed by atoms with Gasteiger partial charge in [-0.05, 0) is 60.3 Å². The molecule has 0 bridgehead atoms. The molecule has 28 heavy (non-hydrogen) atoms. The Balaban J connectivity index is 1.72. The molecule has 1 aromatic carbocycles. The molecule has 1 amide bonds. The van der Waals surface area contributed by atoms with Crippen LogP contribution in [0.25, 0.3) is 0 Å². The molecule has 0 saturated carbocycles. The third-order valence-corrected chi connectivity index (χ3v) is 4.34. The summed E-state index contributed by atoms with van der Waals surface area (Å²) in [5.74, 6) is 0.0320. The van der Waals surface area contributed by atoms with E-state index in [-0.39, 0.29) is 41.9 Å². The van der Waals surface area contributed by atoms with Crippen LogP contribution >= 0.6 is 0 Å². The predicted octanol–water partition coefficient (Wildman–Crippen LogP) is 1.29. The molecular weight excluding hydrogens is 362 g/mol. The number of carbonyl (C=O) groups is 1. The molecule has 1 aliphatic rings. The Hall–Kier alpha value is -3.61. The van der Waals surface area contributed by atoms with E-state index in [1.54, 1.807) is 6.07 Å². The molecule has 146 valence electrons. The highest BCUT2D eigenvalue weighted by atomic mass is 16.6. The Bertz CT molecular complexity index is 930. The number of nitrogens with zero attached hydrogens (tertiary/aromatic N) is 4. The van der Waals surface area contributed by atoms with Crippen LogP contribution in [-0.4, -0.2) is 39.8 Å². The summed E-state index contributed by atoms with van der Waals surface area (Å²) in [6, 6.07) is 7.54. The van der Waals surface area contributed by atoms with Gasteiger partial charge in [-0.15, -0.1) is 0 Å². The average molecular weight is 383 g/mol. The van der Waals surface area contributed by atoms with Gasteiger partial charge in [0.15, 0.2) is 11.5 Å². The molecule has 0 spiro atoms. The van der Waals surface area contributed by atoms with Crippen molar-refractivity contribution in [2.75, 3.05) is 11.9 Å². The minimum absolute atomic E-state index is 0.0150. The number of rotatable bonds is 6. The van der Waals surface area contributed by atoms with Crippen molar-refractivity contribution >= 4 is 17.6 Å². The minimum atomic E-state index is -0.215. The Morgan fingerprint density at radius 1 is 1.46 bits per heavy atom. The second kappa shape index (κ2) is 8.39. The second-order valence-corrected chi connectivity index (χ2v) is 6.75.